The molecule has 1 aliphatic rings. The Balaban J connectivity index is 1.75. The Labute approximate surface area is 153 Å². The summed E-state index contributed by atoms with van der Waals surface area (Å²) in [6, 6.07) is 15.1. The van der Waals surface area contributed by atoms with Crippen molar-refractivity contribution in [2.45, 2.75) is 6.54 Å². The second-order valence-corrected chi connectivity index (χ2v) is 6.85. The van der Waals surface area contributed by atoms with E-state index in [-0.39, 0.29) is 17.5 Å². The van der Waals surface area contributed by atoms with Crippen LogP contribution in [0.2, 0.25) is 0 Å². The van der Waals surface area contributed by atoms with E-state index in [1.807, 2.05) is 17.5 Å². The van der Waals surface area contributed by atoms with Gasteiger partial charge in [-0.25, -0.2) is 4.39 Å². The number of rotatable bonds is 3. The van der Waals surface area contributed by atoms with Gasteiger partial charge in [0.15, 0.2) is 11.5 Å². The zero-order valence-electron chi connectivity index (χ0n) is 13.7. The van der Waals surface area contributed by atoms with Crippen molar-refractivity contribution in [3.05, 3.63) is 82.0 Å². The highest BCUT2D eigenvalue weighted by Crippen LogP contribution is 2.38. The molecule has 4 rings (SSSR count). The molecule has 6 heteroatoms. The summed E-state index contributed by atoms with van der Waals surface area (Å²) < 4.78 is 19.0. The largest absolute Gasteiger partial charge is 0.449 e. The lowest BCUT2D eigenvalue weighted by atomic mass is 10.1. The third-order valence-electron chi connectivity index (χ3n) is 4.02. The van der Waals surface area contributed by atoms with Crippen molar-refractivity contribution in [3.63, 3.8) is 0 Å². The minimum absolute atomic E-state index is 0.229. The molecule has 1 amide bonds. The molecule has 3 aromatic rings. The first-order chi connectivity index (χ1) is 12.6. The van der Waals surface area contributed by atoms with Gasteiger partial charge in [-0.3, -0.25) is 9.69 Å². The lowest BCUT2D eigenvalue weighted by Crippen LogP contribution is -2.36. The number of nitrogens with zero attached hydrogens (tertiary/aromatic N) is 1. The molecule has 1 aromatic heterocycles. The number of anilines is 2. The Morgan fingerprint density at radius 1 is 1.15 bits per heavy atom. The van der Waals surface area contributed by atoms with Gasteiger partial charge in [0.1, 0.15) is 5.82 Å². The number of carbonyl (C=O) groups excluding carboxylic acids is 1. The van der Waals surface area contributed by atoms with Crippen molar-refractivity contribution in [1.29, 1.82) is 0 Å². The van der Waals surface area contributed by atoms with Crippen LogP contribution in [0.25, 0.3) is 6.08 Å². The van der Waals surface area contributed by atoms with E-state index in [2.05, 4.69) is 0 Å². The summed E-state index contributed by atoms with van der Waals surface area (Å²) in [6.07, 6.45) is 1.72. The summed E-state index contributed by atoms with van der Waals surface area (Å²) in [6.45, 7) is 0.307. The first-order valence-corrected chi connectivity index (χ1v) is 8.87. The van der Waals surface area contributed by atoms with E-state index in [0.717, 1.165) is 10.4 Å². The molecule has 0 fully saturated rings. The molecular weight excluding hydrogens is 351 g/mol. The maximum absolute atomic E-state index is 13.2. The molecule has 2 heterocycles. The number of hydrogen-bond acceptors (Lipinski definition) is 4. The number of ether oxygens (including phenoxy) is 1. The second kappa shape index (κ2) is 6.65. The molecule has 0 aliphatic carbocycles. The smallest absolute Gasteiger partial charge is 0.294 e. The van der Waals surface area contributed by atoms with E-state index < -0.39 is 0 Å². The van der Waals surface area contributed by atoms with E-state index in [1.54, 1.807) is 41.3 Å². The van der Waals surface area contributed by atoms with E-state index in [0.29, 0.717) is 23.7 Å². The summed E-state index contributed by atoms with van der Waals surface area (Å²) in [7, 11) is 0. The van der Waals surface area contributed by atoms with Crippen molar-refractivity contribution in [2.24, 2.45) is 0 Å². The number of benzene rings is 2. The lowest BCUT2D eigenvalue weighted by Gasteiger charge is -2.30. The van der Waals surface area contributed by atoms with Gasteiger partial charge in [-0.1, -0.05) is 18.2 Å². The molecule has 26 heavy (non-hydrogen) atoms. The van der Waals surface area contributed by atoms with Gasteiger partial charge in [0.05, 0.1) is 12.2 Å². The molecule has 4 nitrogen and oxygen atoms in total. The van der Waals surface area contributed by atoms with Crippen molar-refractivity contribution >= 4 is 34.7 Å². The number of halogens is 1. The van der Waals surface area contributed by atoms with E-state index >= 15 is 0 Å². The fourth-order valence-corrected chi connectivity index (χ4v) is 3.41. The molecule has 0 spiro atoms. The third-order valence-corrected chi connectivity index (χ3v) is 4.84. The SMILES string of the molecule is Nc1ccc2c(c1)O/C(=C/c1cccs1)C(=O)N2Cc1ccc(F)cc1. The monoisotopic (exact) mass is 366 g/mol. The zero-order chi connectivity index (χ0) is 18.1. The van der Waals surface area contributed by atoms with Crippen molar-refractivity contribution in [2.75, 3.05) is 10.6 Å². The summed E-state index contributed by atoms with van der Waals surface area (Å²) in [5, 5.41) is 1.93. The molecule has 0 bridgehead atoms. The maximum atomic E-state index is 13.2. The minimum Gasteiger partial charge on any atom is -0.449 e. The first-order valence-electron chi connectivity index (χ1n) is 7.99. The predicted molar refractivity (Wildman–Crippen MR) is 101 cm³/mol. The van der Waals surface area contributed by atoms with Crippen molar-refractivity contribution < 1.29 is 13.9 Å². The van der Waals surface area contributed by atoms with E-state index in [9.17, 15) is 9.18 Å². The second-order valence-electron chi connectivity index (χ2n) is 5.87. The van der Waals surface area contributed by atoms with Crippen LogP contribution in [0.4, 0.5) is 15.8 Å². The first kappa shape index (κ1) is 16.4. The van der Waals surface area contributed by atoms with Crippen molar-refractivity contribution in [3.8, 4) is 5.75 Å². The number of fused-ring (bicyclic) bond motifs is 1. The van der Waals surface area contributed by atoms with Gasteiger partial charge in [0.2, 0.25) is 0 Å². The quantitative estimate of drug-likeness (QED) is 0.551. The molecule has 0 saturated heterocycles. The van der Waals surface area contributed by atoms with Gasteiger partial charge in [-0.05, 0) is 41.3 Å². The van der Waals surface area contributed by atoms with Crippen LogP contribution in [0.1, 0.15) is 10.4 Å². The van der Waals surface area contributed by atoms with Crippen LogP contribution in [-0.2, 0) is 11.3 Å². The Morgan fingerprint density at radius 3 is 2.69 bits per heavy atom. The highest BCUT2D eigenvalue weighted by Gasteiger charge is 2.30. The number of nitrogens with two attached hydrogens (primary N) is 1. The number of carbonyl (C=O) groups is 1. The predicted octanol–water partition coefficient (Wildman–Crippen LogP) is 4.44. The number of thiophene rings is 1. The highest BCUT2D eigenvalue weighted by molar-refractivity contribution is 7.10. The van der Waals surface area contributed by atoms with Gasteiger partial charge in [-0.2, -0.15) is 0 Å². The average Bonchev–Trinajstić information content (AvgIpc) is 3.13. The molecule has 1 aliphatic heterocycles. The van der Waals surface area contributed by atoms with Crippen LogP contribution in [0, 0.1) is 5.82 Å². The normalized spacial score (nSPS) is 15.0. The van der Waals surface area contributed by atoms with E-state index in [1.165, 1.54) is 23.5 Å². The minimum atomic E-state index is -0.312. The van der Waals surface area contributed by atoms with Gasteiger partial charge < -0.3 is 10.5 Å². The number of amides is 1. The molecule has 2 aromatic carbocycles. The highest BCUT2D eigenvalue weighted by atomic mass is 32.1. The van der Waals surface area contributed by atoms with Crippen LogP contribution in [-0.4, -0.2) is 5.91 Å². The molecule has 0 saturated carbocycles. The third kappa shape index (κ3) is 3.19. The molecule has 0 radical (unpaired) electrons. The Bertz CT molecular complexity index is 982. The molecule has 130 valence electrons. The summed E-state index contributed by atoms with van der Waals surface area (Å²) in [5.41, 5.74) is 7.88. The standard InChI is InChI=1S/C20H15FN2O2S/c21-14-5-3-13(4-6-14)12-23-17-8-7-15(22)10-18(17)25-19(20(23)24)11-16-2-1-9-26-16/h1-11H,12,22H2/b19-11+. The van der Waals surface area contributed by atoms with Gasteiger partial charge in [-0.15, -0.1) is 11.3 Å². The van der Waals surface area contributed by atoms with Crippen LogP contribution < -0.4 is 15.4 Å². The fourth-order valence-electron chi connectivity index (χ4n) is 2.76. The number of hydrogen-bond donors (Lipinski definition) is 1. The van der Waals surface area contributed by atoms with Gasteiger partial charge >= 0.3 is 0 Å². The lowest BCUT2D eigenvalue weighted by molar-refractivity contribution is -0.117. The molecule has 2 N–H and O–H groups in total. The van der Waals surface area contributed by atoms with Crippen molar-refractivity contribution in [1.82, 2.24) is 0 Å². The summed E-state index contributed by atoms with van der Waals surface area (Å²) in [5.74, 6) is 0.190. The van der Waals surface area contributed by atoms with Crippen LogP contribution >= 0.6 is 11.3 Å². The molecule has 0 atom stereocenters. The summed E-state index contributed by atoms with van der Waals surface area (Å²) >= 11 is 1.52. The van der Waals surface area contributed by atoms with Gasteiger partial charge in [0, 0.05) is 22.7 Å². The van der Waals surface area contributed by atoms with Crippen LogP contribution in [0.15, 0.2) is 65.7 Å². The number of nitrogen functional groups attached to an aromatic ring is 1. The van der Waals surface area contributed by atoms with E-state index in [4.69, 9.17) is 10.5 Å². The zero-order valence-corrected chi connectivity index (χ0v) is 14.5. The van der Waals surface area contributed by atoms with Crippen LogP contribution in [0.3, 0.4) is 0 Å². The Morgan fingerprint density at radius 2 is 1.96 bits per heavy atom. The topological polar surface area (TPSA) is 55.6 Å². The molecular formula is C20H15FN2O2S. The Kier molecular flexibility index (Phi) is 4.18. The average molecular weight is 366 g/mol. The molecule has 0 unspecified atom stereocenters. The maximum Gasteiger partial charge on any atom is 0.294 e. The van der Waals surface area contributed by atoms with Gasteiger partial charge in [0.25, 0.3) is 5.91 Å². The van der Waals surface area contributed by atoms with Crippen LogP contribution in [0.5, 0.6) is 5.75 Å². The fraction of sp³-hybridized carbons (Fsp3) is 0.0500. The summed E-state index contributed by atoms with van der Waals surface area (Å²) in [4.78, 5) is 15.5. The Hall–Kier alpha value is -3.12.